The van der Waals surface area contributed by atoms with Crippen LogP contribution in [0.25, 0.3) is 0 Å². The lowest BCUT2D eigenvalue weighted by atomic mass is 9.80. The minimum absolute atomic E-state index is 0.0119. The number of hydrogen-bond acceptors (Lipinski definition) is 5. The van der Waals surface area contributed by atoms with E-state index in [0.717, 1.165) is 48.6 Å². The molecule has 1 aromatic rings. The summed E-state index contributed by atoms with van der Waals surface area (Å²) in [6, 6.07) is 1.97. The van der Waals surface area contributed by atoms with Crippen molar-refractivity contribution < 1.29 is 9.84 Å². The molecule has 20 heavy (non-hydrogen) atoms. The zero-order valence-corrected chi connectivity index (χ0v) is 12.9. The molecular formula is C15H22N2O2S. The van der Waals surface area contributed by atoms with E-state index in [2.05, 4.69) is 10.2 Å². The van der Waals surface area contributed by atoms with Crippen molar-refractivity contribution in [1.29, 1.82) is 0 Å². The molecule has 2 saturated heterocycles. The highest BCUT2D eigenvalue weighted by molar-refractivity contribution is 7.99. The van der Waals surface area contributed by atoms with Gasteiger partial charge in [0.15, 0.2) is 0 Å². The van der Waals surface area contributed by atoms with E-state index in [-0.39, 0.29) is 11.5 Å². The van der Waals surface area contributed by atoms with Crippen LogP contribution in [0.15, 0.2) is 6.07 Å². The van der Waals surface area contributed by atoms with Crippen molar-refractivity contribution in [3.8, 4) is 0 Å². The normalized spacial score (nSPS) is 31.6. The molecule has 1 spiro atoms. The van der Waals surface area contributed by atoms with Crippen molar-refractivity contribution in [2.45, 2.75) is 44.8 Å². The van der Waals surface area contributed by atoms with Crippen LogP contribution in [0.4, 0.5) is 0 Å². The first kappa shape index (κ1) is 14.3. The topological polar surface area (TPSA) is 55.2 Å². The molecule has 3 heterocycles. The lowest BCUT2D eigenvalue weighted by Crippen LogP contribution is -2.41. The van der Waals surface area contributed by atoms with Gasteiger partial charge < -0.3 is 9.84 Å². The van der Waals surface area contributed by atoms with Crippen molar-refractivity contribution >= 4 is 11.8 Å². The van der Waals surface area contributed by atoms with E-state index < -0.39 is 6.10 Å². The van der Waals surface area contributed by atoms with Crippen LogP contribution in [0.5, 0.6) is 0 Å². The van der Waals surface area contributed by atoms with Crippen molar-refractivity contribution in [1.82, 2.24) is 10.2 Å². The van der Waals surface area contributed by atoms with Crippen LogP contribution in [0, 0.1) is 19.8 Å². The molecule has 5 heteroatoms. The van der Waals surface area contributed by atoms with E-state index >= 15 is 0 Å². The van der Waals surface area contributed by atoms with Crippen LogP contribution in [0.2, 0.25) is 0 Å². The number of rotatable bonds is 2. The maximum Gasteiger partial charge on any atom is 0.0838 e. The minimum atomic E-state index is -0.449. The van der Waals surface area contributed by atoms with Crippen molar-refractivity contribution in [2.75, 3.05) is 18.1 Å². The maximum absolute atomic E-state index is 10.8. The number of aliphatic hydroxyl groups excluding tert-OH is 1. The van der Waals surface area contributed by atoms with Crippen LogP contribution in [-0.4, -0.2) is 39.0 Å². The monoisotopic (exact) mass is 294 g/mol. The van der Waals surface area contributed by atoms with Gasteiger partial charge in [-0.25, -0.2) is 0 Å². The van der Waals surface area contributed by atoms with E-state index in [4.69, 9.17) is 4.74 Å². The number of hydrogen-bond donors (Lipinski definition) is 1. The fourth-order valence-corrected chi connectivity index (χ4v) is 4.70. The third-order valence-corrected chi connectivity index (χ3v) is 5.73. The zero-order chi connectivity index (χ0) is 14.2. The summed E-state index contributed by atoms with van der Waals surface area (Å²) < 4.78 is 6.04. The predicted octanol–water partition coefficient (Wildman–Crippen LogP) is 2.43. The Morgan fingerprint density at radius 3 is 3.05 bits per heavy atom. The first-order valence-electron chi connectivity index (χ1n) is 7.30. The molecule has 0 bridgehead atoms. The second-order valence-corrected chi connectivity index (χ2v) is 7.16. The Labute approximate surface area is 124 Å². The Bertz CT molecular complexity index is 489. The SMILES string of the molecule is Cc1cc(C(O)C2CCOC3(CCSC3)C2)c(C)nn1. The molecule has 0 saturated carbocycles. The number of nitrogens with zero attached hydrogens (tertiary/aromatic N) is 2. The first-order chi connectivity index (χ1) is 9.60. The summed E-state index contributed by atoms with van der Waals surface area (Å²) in [7, 11) is 0. The Hall–Kier alpha value is -0.650. The lowest BCUT2D eigenvalue weighted by molar-refractivity contribution is -0.102. The Kier molecular flexibility index (Phi) is 4.02. The van der Waals surface area contributed by atoms with E-state index in [1.807, 2.05) is 31.7 Å². The second kappa shape index (κ2) is 5.62. The molecule has 2 aliphatic heterocycles. The van der Waals surface area contributed by atoms with Crippen LogP contribution in [0.3, 0.4) is 0 Å². The Balaban J connectivity index is 1.79. The van der Waals surface area contributed by atoms with Gasteiger partial charge in [-0.05, 0) is 50.8 Å². The zero-order valence-electron chi connectivity index (χ0n) is 12.1. The molecule has 3 atom stereocenters. The number of aryl methyl sites for hydroxylation is 2. The standard InChI is InChI=1S/C15H22N2O2S/c1-10-7-13(11(2)17-16-10)14(18)12-3-5-19-15(8-12)4-6-20-9-15/h7,12,14,18H,3-6,8-9H2,1-2H3. The summed E-state index contributed by atoms with van der Waals surface area (Å²) in [4.78, 5) is 0. The lowest BCUT2D eigenvalue weighted by Gasteiger charge is -2.39. The molecule has 0 radical (unpaired) electrons. The molecule has 2 fully saturated rings. The fourth-order valence-electron chi connectivity index (χ4n) is 3.32. The average molecular weight is 294 g/mol. The number of aliphatic hydroxyl groups is 1. The first-order valence-corrected chi connectivity index (χ1v) is 8.46. The highest BCUT2D eigenvalue weighted by Gasteiger charge is 2.42. The molecule has 0 aliphatic carbocycles. The van der Waals surface area contributed by atoms with E-state index in [1.165, 1.54) is 5.75 Å². The van der Waals surface area contributed by atoms with E-state index in [1.54, 1.807) is 0 Å². The number of aromatic nitrogens is 2. The smallest absolute Gasteiger partial charge is 0.0838 e. The van der Waals surface area contributed by atoms with Gasteiger partial charge >= 0.3 is 0 Å². The van der Waals surface area contributed by atoms with Gasteiger partial charge in [0.1, 0.15) is 0 Å². The molecule has 3 unspecified atom stereocenters. The third-order valence-electron chi connectivity index (χ3n) is 4.50. The molecule has 110 valence electrons. The van der Waals surface area contributed by atoms with Crippen LogP contribution >= 0.6 is 11.8 Å². The third kappa shape index (κ3) is 2.71. The van der Waals surface area contributed by atoms with Crippen LogP contribution in [-0.2, 0) is 4.74 Å². The number of ether oxygens (including phenoxy) is 1. The largest absolute Gasteiger partial charge is 0.388 e. The molecule has 4 nitrogen and oxygen atoms in total. The van der Waals surface area contributed by atoms with E-state index in [0.29, 0.717) is 0 Å². The predicted molar refractivity (Wildman–Crippen MR) is 79.8 cm³/mol. The van der Waals surface area contributed by atoms with Crippen molar-refractivity contribution in [2.24, 2.45) is 5.92 Å². The van der Waals surface area contributed by atoms with Gasteiger partial charge in [-0.15, -0.1) is 0 Å². The quantitative estimate of drug-likeness (QED) is 0.908. The van der Waals surface area contributed by atoms with Crippen LogP contribution in [0.1, 0.15) is 42.3 Å². The Morgan fingerprint density at radius 2 is 2.30 bits per heavy atom. The van der Waals surface area contributed by atoms with E-state index in [9.17, 15) is 5.11 Å². The number of thioether (sulfide) groups is 1. The van der Waals surface area contributed by atoms with Crippen LogP contribution < -0.4 is 0 Å². The molecule has 0 amide bonds. The van der Waals surface area contributed by atoms with Gasteiger partial charge in [-0.1, -0.05) is 0 Å². The van der Waals surface area contributed by atoms with Gasteiger partial charge in [0.25, 0.3) is 0 Å². The van der Waals surface area contributed by atoms with Gasteiger partial charge in [0.2, 0.25) is 0 Å². The molecular weight excluding hydrogens is 272 g/mol. The molecule has 1 N–H and O–H groups in total. The van der Waals surface area contributed by atoms with Crippen molar-refractivity contribution in [3.05, 3.63) is 23.0 Å². The summed E-state index contributed by atoms with van der Waals surface area (Å²) in [6.07, 6.45) is 2.56. The summed E-state index contributed by atoms with van der Waals surface area (Å²) >= 11 is 1.97. The average Bonchev–Trinajstić information content (AvgIpc) is 2.88. The fraction of sp³-hybridized carbons (Fsp3) is 0.733. The minimum Gasteiger partial charge on any atom is -0.388 e. The molecule has 1 aromatic heterocycles. The van der Waals surface area contributed by atoms with Crippen molar-refractivity contribution in [3.63, 3.8) is 0 Å². The molecule has 2 aliphatic rings. The summed E-state index contributed by atoms with van der Waals surface area (Å²) in [5, 5.41) is 19.0. The maximum atomic E-state index is 10.8. The van der Waals surface area contributed by atoms with Gasteiger partial charge in [0.05, 0.1) is 23.1 Å². The van der Waals surface area contributed by atoms with Gasteiger partial charge in [-0.2, -0.15) is 22.0 Å². The summed E-state index contributed by atoms with van der Waals surface area (Å²) in [6.45, 7) is 4.60. The molecule has 3 rings (SSSR count). The summed E-state index contributed by atoms with van der Waals surface area (Å²) in [5.41, 5.74) is 2.65. The highest BCUT2D eigenvalue weighted by Crippen LogP contribution is 2.44. The summed E-state index contributed by atoms with van der Waals surface area (Å²) in [5.74, 6) is 2.52. The van der Waals surface area contributed by atoms with Gasteiger partial charge in [0, 0.05) is 17.9 Å². The van der Waals surface area contributed by atoms with Gasteiger partial charge in [-0.3, -0.25) is 0 Å². The molecule has 0 aromatic carbocycles. The second-order valence-electron chi connectivity index (χ2n) is 6.06. The highest BCUT2D eigenvalue weighted by atomic mass is 32.2. The Morgan fingerprint density at radius 1 is 1.45 bits per heavy atom.